The number of rotatable bonds is 7. The zero-order chi connectivity index (χ0) is 17.0. The minimum atomic E-state index is -0.459. The monoisotopic (exact) mass is 356 g/mol. The molecule has 0 unspecified atom stereocenters. The zero-order valence-corrected chi connectivity index (χ0v) is 15.1. The van der Waals surface area contributed by atoms with E-state index in [1.807, 2.05) is 10.6 Å². The number of aromatic amines is 1. The Bertz CT molecular complexity index is 830. The molecule has 0 bridgehead atoms. The van der Waals surface area contributed by atoms with Crippen LogP contribution in [0.5, 0.6) is 0 Å². The van der Waals surface area contributed by atoms with Gasteiger partial charge in [0.1, 0.15) is 0 Å². The second-order valence-corrected chi connectivity index (χ2v) is 7.00. The molecule has 2 aromatic heterocycles. The highest BCUT2D eigenvalue weighted by Gasteiger charge is 2.16. The van der Waals surface area contributed by atoms with Crippen LogP contribution in [0.15, 0.2) is 25.9 Å². The minimum absolute atomic E-state index is 0.400. The molecule has 0 amide bonds. The number of nitrogens with zero attached hydrogens (tertiary/aromatic N) is 3. The molecular formula is C15H21ClN4O2S. The van der Waals surface area contributed by atoms with Crippen molar-refractivity contribution in [2.45, 2.75) is 44.8 Å². The lowest BCUT2D eigenvalue weighted by molar-refractivity contribution is 0.737. The standard InChI is InChI=1S/C15H21ClN4O2S/c1-4-5-6-9-23-15-17-12-11(20(15)8-7-10(2)16)13(21)18-14(22)19(12)3/h7H,4-6,8-9H2,1-3H3,(H,18,21,22). The molecule has 1 N–H and O–H groups in total. The third-order valence-corrected chi connectivity index (χ3v) is 4.72. The van der Waals surface area contributed by atoms with Crippen molar-refractivity contribution in [2.24, 2.45) is 7.05 Å². The number of aromatic nitrogens is 4. The second kappa shape index (κ2) is 7.88. The first-order chi connectivity index (χ1) is 11.0. The number of hydrogen-bond acceptors (Lipinski definition) is 4. The van der Waals surface area contributed by atoms with Crippen LogP contribution in [0.2, 0.25) is 0 Å². The van der Waals surface area contributed by atoms with E-state index in [4.69, 9.17) is 11.6 Å². The Kier molecular flexibility index (Phi) is 6.12. The molecule has 0 aromatic carbocycles. The molecule has 23 heavy (non-hydrogen) atoms. The van der Waals surface area contributed by atoms with Crippen LogP contribution in [-0.2, 0) is 13.6 Å². The van der Waals surface area contributed by atoms with Gasteiger partial charge in [-0.2, -0.15) is 0 Å². The third kappa shape index (κ3) is 4.09. The maximum Gasteiger partial charge on any atom is 0.329 e. The molecule has 2 rings (SSSR count). The largest absolute Gasteiger partial charge is 0.329 e. The summed E-state index contributed by atoms with van der Waals surface area (Å²) in [6.45, 7) is 4.39. The number of allylic oxidation sites excluding steroid dienone is 2. The fourth-order valence-corrected chi connectivity index (χ4v) is 3.30. The fourth-order valence-electron chi connectivity index (χ4n) is 2.23. The highest BCUT2D eigenvalue weighted by atomic mass is 35.5. The Hall–Kier alpha value is -1.47. The van der Waals surface area contributed by atoms with Gasteiger partial charge in [-0.05, 0) is 13.3 Å². The minimum Gasteiger partial charge on any atom is -0.309 e. The number of halogens is 1. The van der Waals surface area contributed by atoms with E-state index in [9.17, 15) is 9.59 Å². The summed E-state index contributed by atoms with van der Waals surface area (Å²) >= 11 is 7.52. The van der Waals surface area contributed by atoms with Crippen molar-refractivity contribution in [3.05, 3.63) is 31.9 Å². The summed E-state index contributed by atoms with van der Waals surface area (Å²) in [7, 11) is 1.60. The van der Waals surface area contributed by atoms with E-state index in [0.717, 1.165) is 30.2 Å². The van der Waals surface area contributed by atoms with Gasteiger partial charge in [-0.1, -0.05) is 49.2 Å². The van der Waals surface area contributed by atoms with E-state index in [1.54, 1.807) is 25.7 Å². The molecule has 0 fully saturated rings. The third-order valence-electron chi connectivity index (χ3n) is 3.51. The molecule has 2 aromatic rings. The summed E-state index contributed by atoms with van der Waals surface area (Å²) in [5.74, 6) is 0.923. The van der Waals surface area contributed by atoms with E-state index in [1.165, 1.54) is 4.57 Å². The summed E-state index contributed by atoms with van der Waals surface area (Å²) in [5, 5.41) is 1.38. The predicted octanol–water partition coefficient (Wildman–Crippen LogP) is 2.85. The highest BCUT2D eigenvalue weighted by molar-refractivity contribution is 7.99. The van der Waals surface area contributed by atoms with Crippen molar-refractivity contribution < 1.29 is 0 Å². The molecule has 126 valence electrons. The van der Waals surface area contributed by atoms with E-state index in [2.05, 4.69) is 16.9 Å². The molecule has 2 heterocycles. The van der Waals surface area contributed by atoms with Crippen molar-refractivity contribution in [3.8, 4) is 0 Å². The Balaban J connectivity index is 2.51. The van der Waals surface area contributed by atoms with Gasteiger partial charge >= 0.3 is 5.69 Å². The summed E-state index contributed by atoms with van der Waals surface area (Å²) in [6, 6.07) is 0. The number of fused-ring (bicyclic) bond motifs is 1. The van der Waals surface area contributed by atoms with Gasteiger partial charge in [0, 0.05) is 24.4 Å². The first-order valence-corrected chi connectivity index (χ1v) is 8.96. The summed E-state index contributed by atoms with van der Waals surface area (Å²) in [5.41, 5.74) is -0.0768. The van der Waals surface area contributed by atoms with E-state index in [-0.39, 0.29) is 0 Å². The SMILES string of the molecule is CCCCCSc1nc2c(c(=O)[nH]c(=O)n2C)n1CC=C(C)Cl. The van der Waals surface area contributed by atoms with Crippen LogP contribution < -0.4 is 11.2 Å². The van der Waals surface area contributed by atoms with Crippen LogP contribution in [0.25, 0.3) is 11.2 Å². The van der Waals surface area contributed by atoms with Gasteiger partial charge in [0.15, 0.2) is 16.3 Å². The molecule has 0 spiro atoms. The molecule has 0 aliphatic carbocycles. The van der Waals surface area contributed by atoms with Gasteiger partial charge in [0.25, 0.3) is 5.56 Å². The number of H-pyrrole nitrogens is 1. The first kappa shape index (κ1) is 17.9. The van der Waals surface area contributed by atoms with Gasteiger partial charge in [-0.15, -0.1) is 0 Å². The normalized spacial score (nSPS) is 12.3. The van der Waals surface area contributed by atoms with Crippen LogP contribution in [-0.4, -0.2) is 24.9 Å². The number of imidazole rings is 1. The van der Waals surface area contributed by atoms with E-state index in [0.29, 0.717) is 22.7 Å². The smallest absolute Gasteiger partial charge is 0.309 e. The van der Waals surface area contributed by atoms with Crippen molar-refractivity contribution in [3.63, 3.8) is 0 Å². The van der Waals surface area contributed by atoms with Crippen molar-refractivity contribution >= 4 is 34.5 Å². The van der Waals surface area contributed by atoms with Crippen LogP contribution in [0.3, 0.4) is 0 Å². The number of aryl methyl sites for hydroxylation is 1. The highest BCUT2D eigenvalue weighted by Crippen LogP contribution is 2.23. The molecule has 6 nitrogen and oxygen atoms in total. The van der Waals surface area contributed by atoms with Crippen molar-refractivity contribution in [1.82, 2.24) is 19.1 Å². The summed E-state index contributed by atoms with van der Waals surface area (Å²) < 4.78 is 3.18. The first-order valence-electron chi connectivity index (χ1n) is 7.60. The van der Waals surface area contributed by atoms with Crippen LogP contribution >= 0.6 is 23.4 Å². The van der Waals surface area contributed by atoms with Gasteiger partial charge in [-0.25, -0.2) is 9.78 Å². The Morgan fingerprint density at radius 1 is 1.39 bits per heavy atom. The Morgan fingerprint density at radius 2 is 2.13 bits per heavy atom. The molecule has 0 atom stereocenters. The number of thioether (sulfide) groups is 1. The molecule has 0 saturated carbocycles. The fraction of sp³-hybridized carbons (Fsp3) is 0.533. The van der Waals surface area contributed by atoms with Crippen LogP contribution in [0, 0.1) is 0 Å². The number of unbranched alkanes of at least 4 members (excludes halogenated alkanes) is 2. The van der Waals surface area contributed by atoms with E-state index < -0.39 is 11.2 Å². The molecule has 0 aliphatic rings. The number of hydrogen-bond donors (Lipinski definition) is 1. The van der Waals surface area contributed by atoms with Gasteiger partial charge in [0.2, 0.25) is 0 Å². The average Bonchev–Trinajstić information content (AvgIpc) is 2.86. The van der Waals surface area contributed by atoms with Crippen LogP contribution in [0.4, 0.5) is 0 Å². The van der Waals surface area contributed by atoms with E-state index >= 15 is 0 Å². The topological polar surface area (TPSA) is 72.7 Å². The quantitative estimate of drug-likeness (QED) is 0.611. The van der Waals surface area contributed by atoms with Gasteiger partial charge < -0.3 is 4.57 Å². The Labute approximate surface area is 143 Å². The van der Waals surface area contributed by atoms with Crippen LogP contribution in [0.1, 0.15) is 33.1 Å². The Morgan fingerprint density at radius 3 is 2.78 bits per heavy atom. The maximum absolute atomic E-state index is 12.2. The average molecular weight is 357 g/mol. The lowest BCUT2D eigenvalue weighted by atomic mass is 10.3. The molecule has 0 radical (unpaired) electrons. The molecule has 0 aliphatic heterocycles. The molecule has 0 saturated heterocycles. The summed E-state index contributed by atoms with van der Waals surface area (Å²) in [6.07, 6.45) is 5.22. The molecular weight excluding hydrogens is 336 g/mol. The lowest BCUT2D eigenvalue weighted by Gasteiger charge is -2.05. The second-order valence-electron chi connectivity index (χ2n) is 5.34. The predicted molar refractivity (Wildman–Crippen MR) is 95.5 cm³/mol. The maximum atomic E-state index is 12.2. The van der Waals surface area contributed by atoms with Gasteiger partial charge in [-0.3, -0.25) is 14.3 Å². The summed E-state index contributed by atoms with van der Waals surface area (Å²) in [4.78, 5) is 30.8. The van der Waals surface area contributed by atoms with Gasteiger partial charge in [0.05, 0.1) is 0 Å². The number of nitrogens with one attached hydrogen (secondary N) is 1. The van der Waals surface area contributed by atoms with Crippen molar-refractivity contribution in [1.29, 1.82) is 0 Å². The van der Waals surface area contributed by atoms with Crippen molar-refractivity contribution in [2.75, 3.05) is 5.75 Å². The zero-order valence-electron chi connectivity index (χ0n) is 13.6. The molecule has 8 heteroatoms. The lowest BCUT2D eigenvalue weighted by Crippen LogP contribution is -2.29.